The quantitative estimate of drug-likeness (QED) is 0.384. The van der Waals surface area contributed by atoms with Crippen molar-refractivity contribution in [1.82, 2.24) is 14.7 Å². The molecule has 0 radical (unpaired) electrons. The zero-order valence-corrected chi connectivity index (χ0v) is 20.4. The summed E-state index contributed by atoms with van der Waals surface area (Å²) in [5.74, 6) is 0.120. The van der Waals surface area contributed by atoms with Gasteiger partial charge in [0.05, 0.1) is 11.4 Å². The molecule has 5 nitrogen and oxygen atoms in total. The number of likely N-dealkylation sites (tertiary alicyclic amines) is 1. The predicted molar refractivity (Wildman–Crippen MR) is 142 cm³/mol. The smallest absolute Gasteiger partial charge is 0.244 e. The molecule has 0 atom stereocenters. The van der Waals surface area contributed by atoms with Gasteiger partial charge in [0, 0.05) is 30.4 Å². The highest BCUT2D eigenvalue weighted by molar-refractivity contribution is 5.78. The zero-order valence-electron chi connectivity index (χ0n) is 20.4. The number of nitrogens with one attached hydrogen (secondary N) is 1. The highest BCUT2D eigenvalue weighted by Crippen LogP contribution is 2.27. The molecule has 1 aliphatic heterocycles. The number of nitrogens with zero attached hydrogens (tertiary/aromatic N) is 3. The summed E-state index contributed by atoms with van der Waals surface area (Å²) in [4.78, 5) is 15.3. The van der Waals surface area contributed by atoms with Crippen LogP contribution in [0.25, 0.3) is 22.5 Å². The summed E-state index contributed by atoms with van der Waals surface area (Å²) in [7, 11) is 0. The van der Waals surface area contributed by atoms with Gasteiger partial charge in [-0.05, 0) is 49.9 Å². The summed E-state index contributed by atoms with van der Waals surface area (Å²) in [6, 6.07) is 29.3. The first-order valence-corrected chi connectivity index (χ1v) is 12.4. The van der Waals surface area contributed by atoms with Gasteiger partial charge < -0.3 is 10.2 Å². The van der Waals surface area contributed by atoms with E-state index < -0.39 is 0 Å². The molecule has 1 fully saturated rings. The molecule has 1 amide bonds. The van der Waals surface area contributed by atoms with Crippen LogP contribution in [0.15, 0.2) is 84.9 Å². The minimum Gasteiger partial charge on any atom is -0.382 e. The maximum absolute atomic E-state index is 13.3. The number of carbonyl (C=O) groups is 1. The predicted octanol–water partition coefficient (Wildman–Crippen LogP) is 5.94. The fourth-order valence-corrected chi connectivity index (χ4v) is 4.83. The van der Waals surface area contributed by atoms with Gasteiger partial charge in [-0.3, -0.25) is 9.48 Å². The number of carbonyl (C=O) groups excluding carboxylic acids is 1. The first kappa shape index (κ1) is 22.9. The van der Waals surface area contributed by atoms with Crippen molar-refractivity contribution in [3.05, 3.63) is 96.1 Å². The van der Waals surface area contributed by atoms with Gasteiger partial charge >= 0.3 is 0 Å². The van der Waals surface area contributed by atoms with Crippen molar-refractivity contribution >= 4 is 11.6 Å². The molecule has 3 aromatic carbocycles. The van der Waals surface area contributed by atoms with E-state index in [9.17, 15) is 4.79 Å². The fraction of sp³-hybridized carbons (Fsp3) is 0.267. The molecule has 5 rings (SSSR count). The molecule has 1 aliphatic rings. The van der Waals surface area contributed by atoms with E-state index in [4.69, 9.17) is 5.10 Å². The van der Waals surface area contributed by atoms with Crippen LogP contribution in [-0.4, -0.2) is 39.7 Å². The van der Waals surface area contributed by atoms with Gasteiger partial charge in [0.2, 0.25) is 5.91 Å². The molecule has 1 aromatic heterocycles. The summed E-state index contributed by atoms with van der Waals surface area (Å²) in [6.45, 7) is 6.02. The molecule has 2 heterocycles. The third-order valence-corrected chi connectivity index (χ3v) is 6.79. The maximum atomic E-state index is 13.3. The standard InChI is InChI=1S/C30H32N4O/c1-22-13-14-27(23(2)19-22)31-26-15-17-33(18-16-26)30(35)21-34-29(25-11-7-4-8-12-25)20-28(32-34)24-9-5-3-6-10-24/h3-14,19-20,26,31H,15-18,21H2,1-2H3. The van der Waals surface area contributed by atoms with Crippen LogP contribution in [0.4, 0.5) is 5.69 Å². The molecule has 0 unspecified atom stereocenters. The monoisotopic (exact) mass is 464 g/mol. The number of rotatable bonds is 6. The van der Waals surface area contributed by atoms with E-state index >= 15 is 0 Å². The Morgan fingerprint density at radius 1 is 0.886 bits per heavy atom. The number of hydrogen-bond acceptors (Lipinski definition) is 3. The molecule has 35 heavy (non-hydrogen) atoms. The highest BCUT2D eigenvalue weighted by Gasteiger charge is 2.24. The molecular weight excluding hydrogens is 432 g/mol. The molecule has 178 valence electrons. The first-order valence-electron chi connectivity index (χ1n) is 12.4. The van der Waals surface area contributed by atoms with Gasteiger partial charge in [-0.15, -0.1) is 0 Å². The molecule has 0 spiro atoms. The van der Waals surface area contributed by atoms with E-state index in [-0.39, 0.29) is 12.5 Å². The summed E-state index contributed by atoms with van der Waals surface area (Å²) in [6.07, 6.45) is 1.89. The lowest BCUT2D eigenvalue weighted by atomic mass is 10.0. The average molecular weight is 465 g/mol. The Kier molecular flexibility index (Phi) is 6.66. The third-order valence-electron chi connectivity index (χ3n) is 6.79. The minimum atomic E-state index is 0.120. The van der Waals surface area contributed by atoms with Crippen LogP contribution in [-0.2, 0) is 11.3 Å². The second-order valence-electron chi connectivity index (χ2n) is 9.42. The van der Waals surface area contributed by atoms with Gasteiger partial charge in [-0.2, -0.15) is 5.10 Å². The van der Waals surface area contributed by atoms with Crippen molar-refractivity contribution in [2.75, 3.05) is 18.4 Å². The van der Waals surface area contributed by atoms with E-state index in [0.717, 1.165) is 48.4 Å². The number of piperidine rings is 1. The minimum absolute atomic E-state index is 0.120. The van der Waals surface area contributed by atoms with Crippen LogP contribution in [0, 0.1) is 13.8 Å². The Balaban J connectivity index is 1.28. The lowest BCUT2D eigenvalue weighted by Gasteiger charge is -2.33. The number of amides is 1. The van der Waals surface area contributed by atoms with Crippen molar-refractivity contribution in [2.24, 2.45) is 0 Å². The highest BCUT2D eigenvalue weighted by atomic mass is 16.2. The van der Waals surface area contributed by atoms with Crippen LogP contribution >= 0.6 is 0 Å². The van der Waals surface area contributed by atoms with Crippen molar-refractivity contribution in [3.8, 4) is 22.5 Å². The Morgan fingerprint density at radius 2 is 1.54 bits per heavy atom. The van der Waals surface area contributed by atoms with E-state index in [1.165, 1.54) is 16.8 Å². The van der Waals surface area contributed by atoms with Crippen molar-refractivity contribution in [1.29, 1.82) is 0 Å². The first-order chi connectivity index (χ1) is 17.1. The Hall–Kier alpha value is -3.86. The van der Waals surface area contributed by atoms with Crippen LogP contribution < -0.4 is 5.32 Å². The molecule has 0 bridgehead atoms. The molecule has 1 N–H and O–H groups in total. The van der Waals surface area contributed by atoms with Gasteiger partial charge in [0.25, 0.3) is 0 Å². The largest absolute Gasteiger partial charge is 0.382 e. The average Bonchev–Trinajstić information content (AvgIpc) is 3.31. The molecule has 5 heteroatoms. The number of benzene rings is 3. The van der Waals surface area contributed by atoms with Gasteiger partial charge in [0.15, 0.2) is 0 Å². The Morgan fingerprint density at radius 3 is 2.20 bits per heavy atom. The lowest BCUT2D eigenvalue weighted by molar-refractivity contribution is -0.132. The fourth-order valence-electron chi connectivity index (χ4n) is 4.83. The van der Waals surface area contributed by atoms with Crippen LogP contribution in [0.1, 0.15) is 24.0 Å². The normalized spacial score (nSPS) is 14.2. The Bertz CT molecular complexity index is 1290. The van der Waals surface area contributed by atoms with Crippen molar-refractivity contribution in [2.45, 2.75) is 39.3 Å². The van der Waals surface area contributed by atoms with Gasteiger partial charge in [-0.25, -0.2) is 0 Å². The van der Waals surface area contributed by atoms with Crippen LogP contribution in [0.2, 0.25) is 0 Å². The molecular formula is C30H32N4O. The van der Waals surface area contributed by atoms with E-state index in [2.05, 4.69) is 67.7 Å². The van der Waals surface area contributed by atoms with Crippen molar-refractivity contribution in [3.63, 3.8) is 0 Å². The maximum Gasteiger partial charge on any atom is 0.244 e. The van der Waals surface area contributed by atoms with E-state index in [1.807, 2.05) is 46.0 Å². The second kappa shape index (κ2) is 10.2. The molecule has 1 saturated heterocycles. The number of aromatic nitrogens is 2. The Labute approximate surface area is 207 Å². The molecule has 0 saturated carbocycles. The van der Waals surface area contributed by atoms with Crippen LogP contribution in [0.5, 0.6) is 0 Å². The summed E-state index contributed by atoms with van der Waals surface area (Å²) >= 11 is 0. The summed E-state index contributed by atoms with van der Waals surface area (Å²) in [5.41, 5.74) is 7.69. The number of hydrogen-bond donors (Lipinski definition) is 1. The summed E-state index contributed by atoms with van der Waals surface area (Å²) < 4.78 is 1.86. The number of aryl methyl sites for hydroxylation is 2. The topological polar surface area (TPSA) is 50.2 Å². The van der Waals surface area contributed by atoms with Gasteiger partial charge in [-0.1, -0.05) is 78.4 Å². The SMILES string of the molecule is Cc1ccc(NC2CCN(C(=O)Cn3nc(-c4ccccc4)cc3-c3ccccc3)CC2)c(C)c1. The summed E-state index contributed by atoms with van der Waals surface area (Å²) in [5, 5.41) is 8.52. The van der Waals surface area contributed by atoms with E-state index in [1.54, 1.807) is 0 Å². The molecule has 0 aliphatic carbocycles. The van der Waals surface area contributed by atoms with Crippen LogP contribution in [0.3, 0.4) is 0 Å². The lowest BCUT2D eigenvalue weighted by Crippen LogP contribution is -2.43. The number of anilines is 1. The van der Waals surface area contributed by atoms with Crippen molar-refractivity contribution < 1.29 is 4.79 Å². The zero-order chi connectivity index (χ0) is 24.2. The molecule has 4 aromatic rings. The second-order valence-corrected chi connectivity index (χ2v) is 9.42. The third kappa shape index (κ3) is 5.29. The van der Waals surface area contributed by atoms with Gasteiger partial charge in [0.1, 0.15) is 6.54 Å². The van der Waals surface area contributed by atoms with E-state index in [0.29, 0.717) is 6.04 Å².